The molecule has 0 atom stereocenters. The van der Waals surface area contributed by atoms with Crippen LogP contribution in [0.15, 0.2) is 160 Å². The van der Waals surface area contributed by atoms with E-state index in [1.807, 2.05) is 24.3 Å². The standard InChI is InChI=1S/C20H20ClN5O4.C15H12ClN5O2.C11H8ClN3O2.C9H14N2O3.C4H6N2O.2ClH/c1-20(2,3)30-19(28)26-12-22-10-16(26)11-29-17(27)7-8-25-13-23-18(24-25)14-5-4-6-15(21)9-14;16-12-3-1-2-11(6-12)15-19-10-21(20-15)5-4-14(22)23-8-13-7-17-9-18-13;12-9-3-1-2-8(6-9)11-13-7-15(14-11)5-4-10(16)17;1-9(2,3)14-8(13)11-6-10-4-7(11)5-12;7-2-4-1-5-3-6-4;;/h4-10,12-13H,11H2,1-3H3;1-7,9-10H,8H2,(H,17,18);1-7H,(H,16,17);4,6,12H,5H2,1-3H3;1,3,7H,2H2,(H,5,6);2*1H/b8-7-;2*5-4-;;;;. The van der Waals surface area contributed by atoms with Crippen LogP contribution in [0.5, 0.6) is 0 Å². The Balaban J connectivity index is 0.000000261. The maximum atomic E-state index is 12.2. The molecule has 0 radical (unpaired) electrons. The summed E-state index contributed by atoms with van der Waals surface area (Å²) in [7, 11) is 0. The van der Waals surface area contributed by atoms with Gasteiger partial charge in [0.1, 0.15) is 56.1 Å². The molecule has 0 aliphatic rings. The van der Waals surface area contributed by atoms with Gasteiger partial charge in [0.25, 0.3) is 0 Å². The zero-order valence-electron chi connectivity index (χ0n) is 50.2. The zero-order chi connectivity index (χ0) is 65.9. The van der Waals surface area contributed by atoms with E-state index in [9.17, 15) is 24.0 Å². The number of carboxylic acids is 1. The molecule has 34 heteroatoms. The number of carboxylic acid groups (broad SMARTS) is 1. The highest BCUT2D eigenvalue weighted by Crippen LogP contribution is 2.22. The topological polar surface area (TPSA) is 368 Å². The largest absolute Gasteiger partial charge is 0.478 e. The van der Waals surface area contributed by atoms with E-state index >= 15 is 0 Å². The number of nitrogens with zero attached hydrogens (tertiary/aromatic N) is 15. The predicted molar refractivity (Wildman–Crippen MR) is 346 cm³/mol. The van der Waals surface area contributed by atoms with Gasteiger partial charge in [-0.25, -0.2) is 82.0 Å². The molecule has 10 aromatic rings. The molecule has 93 heavy (non-hydrogen) atoms. The Labute approximate surface area is 558 Å². The minimum Gasteiger partial charge on any atom is -0.478 e. The number of imidazole rings is 4. The summed E-state index contributed by atoms with van der Waals surface area (Å²) < 4.78 is 27.1. The minimum atomic E-state index is -1.04. The fraction of sp³-hybridized carbons (Fsp3) is 0.203. The normalized spacial score (nSPS) is 10.9. The zero-order valence-corrected chi connectivity index (χ0v) is 54.1. The minimum absolute atomic E-state index is 0. The van der Waals surface area contributed by atoms with Crippen LogP contribution in [0.2, 0.25) is 15.1 Å². The van der Waals surface area contributed by atoms with Crippen molar-refractivity contribution in [2.45, 2.75) is 79.2 Å². The van der Waals surface area contributed by atoms with E-state index in [4.69, 9.17) is 69.1 Å². The summed E-state index contributed by atoms with van der Waals surface area (Å²) >= 11 is 17.8. The lowest BCUT2D eigenvalue weighted by atomic mass is 10.2. The molecule has 0 saturated carbocycles. The quantitative estimate of drug-likeness (QED) is 0.0362. The van der Waals surface area contributed by atoms with Crippen LogP contribution < -0.4 is 0 Å². The van der Waals surface area contributed by atoms with Gasteiger partial charge < -0.3 is 44.2 Å². The molecule has 7 heterocycles. The number of nitrogens with one attached hydrogen (secondary N) is 2. The van der Waals surface area contributed by atoms with Gasteiger partial charge in [-0.2, -0.15) is 0 Å². The second-order valence-electron chi connectivity index (χ2n) is 20.1. The van der Waals surface area contributed by atoms with Crippen LogP contribution in [0.1, 0.15) is 64.3 Å². The number of H-pyrrole nitrogens is 2. The first-order valence-electron chi connectivity index (χ1n) is 26.7. The van der Waals surface area contributed by atoms with E-state index in [0.29, 0.717) is 43.9 Å². The molecule has 29 nitrogen and oxygen atoms in total. The van der Waals surface area contributed by atoms with Gasteiger partial charge in [0.2, 0.25) is 0 Å². The number of aliphatic hydroxyl groups excluding tert-OH is 2. The third-order valence-electron chi connectivity index (χ3n) is 10.7. The van der Waals surface area contributed by atoms with Gasteiger partial charge in [0.05, 0.1) is 73.4 Å². The molecule has 0 unspecified atom stereocenters. The summed E-state index contributed by atoms with van der Waals surface area (Å²) in [5, 5.41) is 40.1. The lowest BCUT2D eigenvalue weighted by Gasteiger charge is -2.20. The molecule has 0 aliphatic carbocycles. The smallest absolute Gasteiger partial charge is 0.420 e. The molecular formula is C59H62Cl5N17O12. The van der Waals surface area contributed by atoms with Crippen molar-refractivity contribution in [3.05, 3.63) is 198 Å². The Hall–Kier alpha value is -10.1. The van der Waals surface area contributed by atoms with Crippen LogP contribution in [0.25, 0.3) is 52.8 Å². The summed E-state index contributed by atoms with van der Waals surface area (Å²) in [6.45, 7) is 10.4. The molecule has 0 spiro atoms. The number of ether oxygens (including phenoxy) is 4. The first-order valence-corrected chi connectivity index (χ1v) is 27.8. The Morgan fingerprint density at radius 1 is 0.505 bits per heavy atom. The van der Waals surface area contributed by atoms with E-state index in [1.165, 1.54) is 111 Å². The number of aliphatic hydroxyl groups is 2. The van der Waals surface area contributed by atoms with Crippen molar-refractivity contribution in [3.8, 4) is 34.2 Å². The predicted octanol–water partition coefficient (Wildman–Crippen LogP) is 10.4. The maximum Gasteiger partial charge on any atom is 0.420 e. The monoisotopic (exact) mass is 1380 g/mol. The molecule has 10 rings (SSSR count). The summed E-state index contributed by atoms with van der Waals surface area (Å²) in [5.74, 6) is -0.668. The second kappa shape index (κ2) is 37.3. The third kappa shape index (κ3) is 26.7. The number of rotatable bonds is 15. The highest BCUT2D eigenvalue weighted by atomic mass is 35.5. The van der Waals surface area contributed by atoms with E-state index in [1.54, 1.807) is 102 Å². The van der Waals surface area contributed by atoms with Crippen LogP contribution in [0, 0.1) is 0 Å². The summed E-state index contributed by atoms with van der Waals surface area (Å²) in [5.41, 5.74) is 3.40. The van der Waals surface area contributed by atoms with Gasteiger partial charge in [-0.05, 0) is 77.9 Å². The fourth-order valence-electron chi connectivity index (χ4n) is 6.68. The van der Waals surface area contributed by atoms with Crippen molar-refractivity contribution in [1.82, 2.24) is 83.3 Å². The fourth-order valence-corrected chi connectivity index (χ4v) is 7.25. The molecule has 0 aliphatic heterocycles. The molecule has 0 saturated heterocycles. The average molecular weight is 1380 g/mol. The van der Waals surface area contributed by atoms with Gasteiger partial charge in [-0.1, -0.05) is 71.2 Å². The van der Waals surface area contributed by atoms with Gasteiger partial charge in [-0.3, -0.25) is 0 Å². The lowest BCUT2D eigenvalue weighted by Crippen LogP contribution is -2.27. The van der Waals surface area contributed by atoms with Crippen molar-refractivity contribution in [1.29, 1.82) is 0 Å². The number of hydrogen-bond donors (Lipinski definition) is 5. The van der Waals surface area contributed by atoms with Crippen molar-refractivity contribution < 1.29 is 58.2 Å². The Bertz CT molecular complexity index is 4050. The molecule has 3 aromatic carbocycles. The highest BCUT2D eigenvalue weighted by Gasteiger charge is 2.21. The SMILES string of the molecule is CC(C)(C)OC(=O)n1cncc1CO.CC(C)(C)OC(=O)n1cncc1COC(=O)/C=C\n1cnc(-c2cccc(Cl)c2)n1.Cl.Cl.O=C(/C=C\n1cnc(-c2cccc(Cl)c2)n1)OCc1cnc[nH]1.O=C(O)/C=C\n1cnc(-c2cccc(Cl)c2)n1.OCc1cnc[nH]1. The van der Waals surface area contributed by atoms with Crippen LogP contribution in [-0.2, 0) is 59.8 Å². The third-order valence-corrected chi connectivity index (χ3v) is 11.4. The first kappa shape index (κ1) is 75.3. The molecular weight excluding hydrogens is 1320 g/mol. The summed E-state index contributed by atoms with van der Waals surface area (Å²) in [4.78, 5) is 90.7. The number of aromatic nitrogens is 17. The van der Waals surface area contributed by atoms with Gasteiger partial charge in [0, 0.05) is 68.6 Å². The van der Waals surface area contributed by atoms with Crippen molar-refractivity contribution in [3.63, 3.8) is 0 Å². The summed E-state index contributed by atoms with van der Waals surface area (Å²) in [6.07, 6.45) is 22.6. The maximum absolute atomic E-state index is 12.2. The van der Waals surface area contributed by atoms with Gasteiger partial charge in [-0.15, -0.1) is 40.1 Å². The molecule has 5 N–H and O–H groups in total. The van der Waals surface area contributed by atoms with Gasteiger partial charge in [0.15, 0.2) is 17.5 Å². The van der Waals surface area contributed by atoms with Crippen molar-refractivity contribution in [2.75, 3.05) is 0 Å². The van der Waals surface area contributed by atoms with Crippen LogP contribution >= 0.6 is 59.6 Å². The molecule has 490 valence electrons. The number of esters is 2. The van der Waals surface area contributed by atoms with Crippen molar-refractivity contribution >= 4 is 108 Å². The number of carbonyl (C=O) groups excluding carboxylic acids is 4. The number of aliphatic carboxylic acids is 1. The van der Waals surface area contributed by atoms with Crippen LogP contribution in [0.4, 0.5) is 9.59 Å². The number of halogens is 5. The number of benzene rings is 3. The second-order valence-corrected chi connectivity index (χ2v) is 21.4. The lowest BCUT2D eigenvalue weighted by molar-refractivity contribution is -0.139. The van der Waals surface area contributed by atoms with E-state index in [0.717, 1.165) is 34.2 Å². The van der Waals surface area contributed by atoms with Crippen LogP contribution in [0.3, 0.4) is 0 Å². The summed E-state index contributed by atoms with van der Waals surface area (Å²) in [6, 6.07) is 21.5. The Morgan fingerprint density at radius 3 is 1.25 bits per heavy atom. The Morgan fingerprint density at radius 2 is 0.892 bits per heavy atom. The number of carbonyl (C=O) groups is 5. The molecule has 0 fully saturated rings. The average Bonchev–Trinajstić information content (AvgIpc) is 1.93. The van der Waals surface area contributed by atoms with E-state index in [2.05, 4.69) is 60.2 Å². The molecule has 7 aromatic heterocycles. The van der Waals surface area contributed by atoms with Crippen molar-refractivity contribution in [2.24, 2.45) is 0 Å². The highest BCUT2D eigenvalue weighted by molar-refractivity contribution is 6.31. The molecule has 0 amide bonds. The Kier molecular flexibility index (Phi) is 30.2. The van der Waals surface area contributed by atoms with E-state index in [-0.39, 0.29) is 51.2 Å². The first-order chi connectivity index (χ1) is 43.4. The number of hydrogen-bond acceptors (Lipinski definition) is 21. The van der Waals surface area contributed by atoms with E-state index < -0.39 is 41.3 Å². The number of aromatic amines is 2. The molecule has 0 bridgehead atoms. The van der Waals surface area contributed by atoms with Gasteiger partial charge >= 0.3 is 30.1 Å². The van der Waals surface area contributed by atoms with Crippen LogP contribution in [-0.4, -0.2) is 140 Å².